The Morgan fingerprint density at radius 2 is 2.00 bits per heavy atom. The molecule has 0 saturated heterocycles. The lowest BCUT2D eigenvalue weighted by atomic mass is 10.2. The highest BCUT2D eigenvalue weighted by Crippen LogP contribution is 2.15. The molecular weight excluding hydrogens is 322 g/mol. The molecule has 2 heterocycles. The zero-order valence-corrected chi connectivity index (χ0v) is 14.2. The molecule has 1 aromatic carbocycles. The average Bonchev–Trinajstić information content (AvgIpc) is 3.22. The molecule has 0 aliphatic heterocycles. The Hall–Kier alpha value is -3.23. The first kappa shape index (κ1) is 16.6. The molecule has 9 heteroatoms. The molecule has 3 aromatic rings. The van der Waals surface area contributed by atoms with Gasteiger partial charge in [0.1, 0.15) is 12.4 Å². The molecule has 0 saturated carbocycles. The standard InChI is InChI=1S/C16H19N7O2/c1-11(2)23-15(18-20-21-23)10-25-13-6-4-12(5-7-13)16(24)17-14-8-9-22(3)19-14/h4-9,11H,10H2,1-3H3,(H,17,19,24). The van der Waals surface area contributed by atoms with E-state index < -0.39 is 0 Å². The summed E-state index contributed by atoms with van der Waals surface area (Å²) in [4.78, 5) is 12.2. The van der Waals surface area contributed by atoms with Gasteiger partial charge >= 0.3 is 0 Å². The van der Waals surface area contributed by atoms with E-state index in [0.717, 1.165) is 0 Å². The van der Waals surface area contributed by atoms with E-state index in [4.69, 9.17) is 4.74 Å². The van der Waals surface area contributed by atoms with Gasteiger partial charge in [0.2, 0.25) is 0 Å². The number of ether oxygens (including phenoxy) is 1. The minimum Gasteiger partial charge on any atom is -0.486 e. The molecule has 0 fully saturated rings. The minimum absolute atomic E-state index is 0.159. The maximum Gasteiger partial charge on any atom is 0.256 e. The topological polar surface area (TPSA) is 99.8 Å². The van der Waals surface area contributed by atoms with Crippen molar-refractivity contribution in [2.45, 2.75) is 26.5 Å². The minimum atomic E-state index is -0.228. The van der Waals surface area contributed by atoms with E-state index in [-0.39, 0.29) is 18.6 Å². The molecule has 1 amide bonds. The van der Waals surface area contributed by atoms with Crippen LogP contribution in [0, 0.1) is 0 Å². The van der Waals surface area contributed by atoms with Gasteiger partial charge in [0, 0.05) is 24.9 Å². The van der Waals surface area contributed by atoms with Crippen molar-refractivity contribution < 1.29 is 9.53 Å². The quantitative estimate of drug-likeness (QED) is 0.734. The molecule has 25 heavy (non-hydrogen) atoms. The van der Waals surface area contributed by atoms with Crippen LogP contribution in [0.1, 0.15) is 36.1 Å². The van der Waals surface area contributed by atoms with Crippen molar-refractivity contribution >= 4 is 11.7 Å². The number of carbonyl (C=O) groups excluding carboxylic acids is 1. The molecule has 0 unspecified atom stereocenters. The van der Waals surface area contributed by atoms with Gasteiger partial charge in [-0.25, -0.2) is 4.68 Å². The van der Waals surface area contributed by atoms with Crippen molar-refractivity contribution in [2.24, 2.45) is 7.05 Å². The molecule has 0 spiro atoms. The lowest BCUT2D eigenvalue weighted by molar-refractivity contribution is 0.102. The second kappa shape index (κ2) is 7.12. The number of hydrogen-bond donors (Lipinski definition) is 1. The largest absolute Gasteiger partial charge is 0.486 e. The number of nitrogens with one attached hydrogen (secondary N) is 1. The summed E-state index contributed by atoms with van der Waals surface area (Å²) in [5.41, 5.74) is 0.519. The number of aromatic nitrogens is 6. The summed E-state index contributed by atoms with van der Waals surface area (Å²) in [5.74, 6) is 1.56. The maximum atomic E-state index is 12.2. The van der Waals surface area contributed by atoms with Crippen molar-refractivity contribution in [3.63, 3.8) is 0 Å². The van der Waals surface area contributed by atoms with Crippen molar-refractivity contribution in [1.29, 1.82) is 0 Å². The molecular formula is C16H19N7O2. The summed E-state index contributed by atoms with van der Waals surface area (Å²) in [5, 5.41) is 18.4. The number of carbonyl (C=O) groups is 1. The van der Waals surface area contributed by atoms with E-state index in [9.17, 15) is 4.79 Å². The number of rotatable bonds is 6. The normalized spacial score (nSPS) is 10.9. The number of hydrogen-bond acceptors (Lipinski definition) is 6. The van der Waals surface area contributed by atoms with Crippen LogP contribution in [0.2, 0.25) is 0 Å². The van der Waals surface area contributed by atoms with Gasteiger partial charge < -0.3 is 10.1 Å². The molecule has 3 rings (SSSR count). The van der Waals surface area contributed by atoms with E-state index in [1.807, 2.05) is 13.8 Å². The summed E-state index contributed by atoms with van der Waals surface area (Å²) in [6, 6.07) is 8.74. The molecule has 2 aromatic heterocycles. The Labute approximate surface area is 144 Å². The van der Waals surface area contributed by atoms with E-state index in [1.54, 1.807) is 52.9 Å². The van der Waals surface area contributed by atoms with Crippen LogP contribution >= 0.6 is 0 Å². The number of nitrogens with zero attached hydrogens (tertiary/aromatic N) is 6. The molecule has 0 atom stereocenters. The van der Waals surface area contributed by atoms with E-state index in [1.165, 1.54) is 0 Å². The Morgan fingerprint density at radius 3 is 2.64 bits per heavy atom. The van der Waals surface area contributed by atoms with Gasteiger partial charge in [0.05, 0.1) is 6.04 Å². The Kier molecular flexibility index (Phi) is 4.73. The first-order valence-electron chi connectivity index (χ1n) is 7.83. The van der Waals surface area contributed by atoms with Crippen LogP contribution < -0.4 is 10.1 Å². The van der Waals surface area contributed by atoms with Gasteiger partial charge in [-0.15, -0.1) is 5.10 Å². The predicted octanol–water partition coefficient (Wildman–Crippen LogP) is 1.82. The molecule has 130 valence electrons. The van der Waals surface area contributed by atoms with Crippen molar-refractivity contribution in [3.05, 3.63) is 47.9 Å². The van der Waals surface area contributed by atoms with Crippen LogP contribution in [0.4, 0.5) is 5.82 Å². The zero-order chi connectivity index (χ0) is 17.8. The fraction of sp³-hybridized carbons (Fsp3) is 0.312. The number of aryl methyl sites for hydroxylation is 1. The number of benzene rings is 1. The number of anilines is 1. The third-order valence-electron chi connectivity index (χ3n) is 3.49. The van der Waals surface area contributed by atoms with Gasteiger partial charge in [0.25, 0.3) is 5.91 Å². The fourth-order valence-corrected chi connectivity index (χ4v) is 2.23. The number of tetrazole rings is 1. The SMILES string of the molecule is CC(C)n1nnnc1COc1ccc(C(=O)Nc2ccn(C)n2)cc1. The molecule has 9 nitrogen and oxygen atoms in total. The Bertz CT molecular complexity index is 852. The van der Waals surface area contributed by atoms with Gasteiger partial charge in [-0.05, 0) is 48.5 Å². The van der Waals surface area contributed by atoms with Crippen molar-refractivity contribution in [3.8, 4) is 5.75 Å². The first-order chi connectivity index (χ1) is 12.0. The summed E-state index contributed by atoms with van der Waals surface area (Å²) in [7, 11) is 1.79. The van der Waals surface area contributed by atoms with Crippen LogP contribution in [-0.2, 0) is 13.7 Å². The smallest absolute Gasteiger partial charge is 0.256 e. The van der Waals surface area contributed by atoms with Gasteiger partial charge in [-0.1, -0.05) is 0 Å². The van der Waals surface area contributed by atoms with Crippen molar-refractivity contribution in [2.75, 3.05) is 5.32 Å². The van der Waals surface area contributed by atoms with E-state index in [0.29, 0.717) is 23.0 Å². The van der Waals surface area contributed by atoms with Crippen LogP contribution in [0.3, 0.4) is 0 Å². The highest BCUT2D eigenvalue weighted by Gasteiger charge is 2.11. The fourth-order valence-electron chi connectivity index (χ4n) is 2.23. The average molecular weight is 341 g/mol. The van der Waals surface area contributed by atoms with Crippen LogP contribution in [0.5, 0.6) is 5.75 Å². The summed E-state index contributed by atoms with van der Waals surface area (Å²) >= 11 is 0. The lowest BCUT2D eigenvalue weighted by Gasteiger charge is -2.09. The Morgan fingerprint density at radius 1 is 1.24 bits per heavy atom. The third kappa shape index (κ3) is 4.00. The van der Waals surface area contributed by atoms with Crippen LogP contribution in [0.15, 0.2) is 36.5 Å². The van der Waals surface area contributed by atoms with Crippen LogP contribution in [0.25, 0.3) is 0 Å². The van der Waals surface area contributed by atoms with E-state index in [2.05, 4.69) is 25.9 Å². The third-order valence-corrected chi connectivity index (χ3v) is 3.49. The molecule has 0 aliphatic rings. The first-order valence-corrected chi connectivity index (χ1v) is 7.83. The van der Waals surface area contributed by atoms with Crippen LogP contribution in [-0.4, -0.2) is 35.9 Å². The summed E-state index contributed by atoms with van der Waals surface area (Å²) < 4.78 is 9.01. The second-order valence-corrected chi connectivity index (χ2v) is 5.78. The molecule has 1 N–H and O–H groups in total. The number of amides is 1. The predicted molar refractivity (Wildman–Crippen MR) is 90.1 cm³/mol. The lowest BCUT2D eigenvalue weighted by Crippen LogP contribution is -2.13. The highest BCUT2D eigenvalue weighted by atomic mass is 16.5. The summed E-state index contributed by atoms with van der Waals surface area (Å²) in [6.45, 7) is 4.24. The van der Waals surface area contributed by atoms with Crippen molar-refractivity contribution in [1.82, 2.24) is 30.0 Å². The summed E-state index contributed by atoms with van der Waals surface area (Å²) in [6.07, 6.45) is 1.76. The molecule has 0 radical (unpaired) electrons. The Balaban J connectivity index is 1.60. The van der Waals surface area contributed by atoms with Gasteiger partial charge in [-0.3, -0.25) is 9.48 Å². The zero-order valence-electron chi connectivity index (χ0n) is 14.2. The molecule has 0 bridgehead atoms. The highest BCUT2D eigenvalue weighted by molar-refractivity contribution is 6.03. The molecule has 0 aliphatic carbocycles. The van der Waals surface area contributed by atoms with Gasteiger partial charge in [-0.2, -0.15) is 5.10 Å². The van der Waals surface area contributed by atoms with Gasteiger partial charge in [0.15, 0.2) is 11.6 Å². The maximum absolute atomic E-state index is 12.2. The second-order valence-electron chi connectivity index (χ2n) is 5.78. The van der Waals surface area contributed by atoms with E-state index >= 15 is 0 Å². The monoisotopic (exact) mass is 341 g/mol.